The SMILES string of the molecule is CCCC(CCO)CNC(=O)c1ccc(C(F)(F)F)[nH]c1=O. The van der Waals surface area contributed by atoms with Crippen LogP contribution in [-0.2, 0) is 6.18 Å². The molecule has 1 atom stereocenters. The maximum atomic E-state index is 12.4. The zero-order valence-corrected chi connectivity index (χ0v) is 12.2. The molecule has 0 saturated carbocycles. The van der Waals surface area contributed by atoms with E-state index < -0.39 is 23.3 Å². The lowest BCUT2D eigenvalue weighted by molar-refractivity contribution is -0.141. The van der Waals surface area contributed by atoms with E-state index in [1.807, 2.05) is 6.92 Å². The average Bonchev–Trinajstić information content (AvgIpc) is 2.43. The minimum absolute atomic E-state index is 0.0125. The molecule has 0 fully saturated rings. The molecule has 124 valence electrons. The summed E-state index contributed by atoms with van der Waals surface area (Å²) in [7, 11) is 0. The number of aromatic amines is 1. The van der Waals surface area contributed by atoms with E-state index in [1.54, 1.807) is 4.98 Å². The van der Waals surface area contributed by atoms with Crippen molar-refractivity contribution in [2.45, 2.75) is 32.4 Å². The van der Waals surface area contributed by atoms with Gasteiger partial charge < -0.3 is 15.4 Å². The molecule has 1 aromatic heterocycles. The van der Waals surface area contributed by atoms with Crippen molar-refractivity contribution in [3.63, 3.8) is 0 Å². The van der Waals surface area contributed by atoms with Crippen molar-refractivity contribution >= 4 is 5.91 Å². The quantitative estimate of drug-likeness (QED) is 0.718. The zero-order chi connectivity index (χ0) is 16.8. The van der Waals surface area contributed by atoms with Crippen LogP contribution in [0.1, 0.15) is 42.2 Å². The lowest BCUT2D eigenvalue weighted by Crippen LogP contribution is -2.34. The average molecular weight is 320 g/mol. The van der Waals surface area contributed by atoms with Crippen molar-refractivity contribution in [1.29, 1.82) is 0 Å². The van der Waals surface area contributed by atoms with E-state index in [2.05, 4.69) is 5.32 Å². The maximum absolute atomic E-state index is 12.4. The molecular weight excluding hydrogens is 301 g/mol. The molecule has 0 aliphatic heterocycles. The molecule has 0 radical (unpaired) electrons. The van der Waals surface area contributed by atoms with E-state index >= 15 is 0 Å². The first-order chi connectivity index (χ1) is 10.3. The van der Waals surface area contributed by atoms with Crippen LogP contribution in [0.25, 0.3) is 0 Å². The first-order valence-corrected chi connectivity index (χ1v) is 6.99. The molecule has 1 aromatic rings. The number of nitrogens with one attached hydrogen (secondary N) is 2. The molecule has 1 rings (SSSR count). The Morgan fingerprint density at radius 2 is 2.05 bits per heavy atom. The molecule has 0 aromatic carbocycles. The summed E-state index contributed by atoms with van der Waals surface area (Å²) in [6.07, 6.45) is -2.48. The second-order valence-corrected chi connectivity index (χ2v) is 4.99. The Bertz CT molecular complexity index is 549. The molecule has 0 spiro atoms. The van der Waals surface area contributed by atoms with Gasteiger partial charge in [-0.3, -0.25) is 9.59 Å². The Morgan fingerprint density at radius 3 is 2.55 bits per heavy atom. The second kappa shape index (κ2) is 7.98. The number of H-pyrrole nitrogens is 1. The molecule has 5 nitrogen and oxygen atoms in total. The molecule has 0 bridgehead atoms. The van der Waals surface area contributed by atoms with E-state index in [0.29, 0.717) is 12.5 Å². The summed E-state index contributed by atoms with van der Waals surface area (Å²) in [5.74, 6) is -0.665. The summed E-state index contributed by atoms with van der Waals surface area (Å²) >= 11 is 0. The molecule has 3 N–H and O–H groups in total. The number of rotatable bonds is 7. The summed E-state index contributed by atoms with van der Waals surface area (Å²) in [5, 5.41) is 11.4. The Labute approximate surface area is 125 Å². The van der Waals surface area contributed by atoms with Gasteiger partial charge in [-0.25, -0.2) is 0 Å². The van der Waals surface area contributed by atoms with E-state index in [-0.39, 0.29) is 24.6 Å². The highest BCUT2D eigenvalue weighted by Crippen LogP contribution is 2.26. The molecule has 1 amide bonds. The number of alkyl halides is 3. The summed E-state index contributed by atoms with van der Waals surface area (Å²) < 4.78 is 37.3. The molecule has 8 heteroatoms. The zero-order valence-electron chi connectivity index (χ0n) is 12.2. The van der Waals surface area contributed by atoms with Gasteiger partial charge in [-0.2, -0.15) is 13.2 Å². The number of carbonyl (C=O) groups excluding carboxylic acids is 1. The highest BCUT2D eigenvalue weighted by molar-refractivity contribution is 5.93. The van der Waals surface area contributed by atoms with Crippen LogP contribution in [0, 0.1) is 5.92 Å². The number of hydrogen-bond donors (Lipinski definition) is 3. The van der Waals surface area contributed by atoms with Crippen LogP contribution in [0.3, 0.4) is 0 Å². The number of pyridine rings is 1. The number of halogens is 3. The Morgan fingerprint density at radius 1 is 1.36 bits per heavy atom. The highest BCUT2D eigenvalue weighted by atomic mass is 19.4. The number of aliphatic hydroxyl groups excluding tert-OH is 1. The molecule has 1 heterocycles. The third kappa shape index (κ3) is 5.18. The third-order valence-electron chi connectivity index (χ3n) is 3.25. The molecular formula is C14H19F3N2O3. The van der Waals surface area contributed by atoms with Gasteiger partial charge in [-0.1, -0.05) is 13.3 Å². The van der Waals surface area contributed by atoms with Gasteiger partial charge in [-0.05, 0) is 30.9 Å². The summed E-state index contributed by atoms with van der Waals surface area (Å²) in [4.78, 5) is 25.1. The van der Waals surface area contributed by atoms with Crippen LogP contribution in [0.15, 0.2) is 16.9 Å². The van der Waals surface area contributed by atoms with Crippen molar-refractivity contribution in [3.8, 4) is 0 Å². The topological polar surface area (TPSA) is 82.2 Å². The van der Waals surface area contributed by atoms with Crippen molar-refractivity contribution in [1.82, 2.24) is 10.3 Å². The largest absolute Gasteiger partial charge is 0.431 e. The molecule has 0 saturated heterocycles. The monoisotopic (exact) mass is 320 g/mol. The van der Waals surface area contributed by atoms with Crippen molar-refractivity contribution in [3.05, 3.63) is 33.7 Å². The van der Waals surface area contributed by atoms with Crippen LogP contribution in [0.4, 0.5) is 13.2 Å². The predicted molar refractivity (Wildman–Crippen MR) is 74.5 cm³/mol. The standard InChI is InChI=1S/C14H19F3N2O3/c1-2-3-9(6-7-20)8-18-12(21)10-4-5-11(14(15,16)17)19-13(10)22/h4-5,9,20H,2-3,6-8H2,1H3,(H,18,21)(H,19,22). The van der Waals surface area contributed by atoms with Gasteiger partial charge in [0.25, 0.3) is 11.5 Å². The molecule has 22 heavy (non-hydrogen) atoms. The van der Waals surface area contributed by atoms with E-state index in [9.17, 15) is 22.8 Å². The van der Waals surface area contributed by atoms with E-state index in [4.69, 9.17) is 5.11 Å². The predicted octanol–water partition coefficient (Wildman–Crippen LogP) is 1.92. The normalized spacial score (nSPS) is 13.0. The highest BCUT2D eigenvalue weighted by Gasteiger charge is 2.32. The number of aliphatic hydroxyl groups is 1. The number of aromatic nitrogens is 1. The van der Waals surface area contributed by atoms with Crippen molar-refractivity contribution < 1.29 is 23.1 Å². The summed E-state index contributed by atoms with van der Waals surface area (Å²) in [6.45, 7) is 2.21. The number of carbonyl (C=O) groups is 1. The summed E-state index contributed by atoms with van der Waals surface area (Å²) in [6, 6.07) is 1.52. The van der Waals surface area contributed by atoms with Gasteiger partial charge in [0.1, 0.15) is 11.3 Å². The maximum Gasteiger partial charge on any atom is 0.431 e. The Hall–Kier alpha value is -1.83. The minimum atomic E-state index is -4.67. The Balaban J connectivity index is 2.76. The molecule has 0 aliphatic carbocycles. The first-order valence-electron chi connectivity index (χ1n) is 6.99. The molecule has 1 unspecified atom stereocenters. The third-order valence-corrected chi connectivity index (χ3v) is 3.25. The van der Waals surface area contributed by atoms with E-state index in [0.717, 1.165) is 18.9 Å². The van der Waals surface area contributed by atoms with Crippen LogP contribution in [0.2, 0.25) is 0 Å². The lowest BCUT2D eigenvalue weighted by Gasteiger charge is -2.15. The van der Waals surface area contributed by atoms with Gasteiger partial charge in [-0.15, -0.1) is 0 Å². The second-order valence-electron chi connectivity index (χ2n) is 4.99. The minimum Gasteiger partial charge on any atom is -0.396 e. The van der Waals surface area contributed by atoms with Gasteiger partial charge in [0, 0.05) is 13.2 Å². The lowest BCUT2D eigenvalue weighted by atomic mass is 10.00. The van der Waals surface area contributed by atoms with Crippen LogP contribution in [0.5, 0.6) is 0 Å². The van der Waals surface area contributed by atoms with Crippen LogP contribution in [-0.4, -0.2) is 29.1 Å². The Kier molecular flexibility index (Phi) is 6.61. The van der Waals surface area contributed by atoms with Crippen LogP contribution >= 0.6 is 0 Å². The van der Waals surface area contributed by atoms with Crippen molar-refractivity contribution in [2.75, 3.05) is 13.2 Å². The van der Waals surface area contributed by atoms with Crippen LogP contribution < -0.4 is 10.9 Å². The molecule has 0 aliphatic rings. The summed E-state index contributed by atoms with van der Waals surface area (Å²) in [5.41, 5.74) is -2.65. The number of hydrogen-bond acceptors (Lipinski definition) is 3. The van der Waals surface area contributed by atoms with E-state index in [1.165, 1.54) is 0 Å². The van der Waals surface area contributed by atoms with Crippen molar-refractivity contribution in [2.24, 2.45) is 5.92 Å². The fourth-order valence-electron chi connectivity index (χ4n) is 2.09. The smallest absolute Gasteiger partial charge is 0.396 e. The first kappa shape index (κ1) is 18.2. The van der Waals surface area contributed by atoms with Gasteiger partial charge >= 0.3 is 6.18 Å². The number of amides is 1. The fraction of sp³-hybridized carbons (Fsp3) is 0.571. The van der Waals surface area contributed by atoms with Gasteiger partial charge in [0.15, 0.2) is 0 Å². The fourth-order valence-corrected chi connectivity index (χ4v) is 2.09. The van der Waals surface area contributed by atoms with Gasteiger partial charge in [0.05, 0.1) is 0 Å². The van der Waals surface area contributed by atoms with Gasteiger partial charge in [0.2, 0.25) is 0 Å².